The largest absolute Gasteiger partial charge is 0.322 e. The molecule has 6 nitrogen and oxygen atoms in total. The van der Waals surface area contributed by atoms with Crippen molar-refractivity contribution in [2.75, 3.05) is 5.32 Å². The Balaban J connectivity index is 1.88. The Labute approximate surface area is 156 Å². The molecule has 0 amide bonds. The highest BCUT2D eigenvalue weighted by atomic mass is 32.1. The van der Waals surface area contributed by atoms with Crippen LogP contribution in [-0.4, -0.2) is 19.3 Å². The summed E-state index contributed by atoms with van der Waals surface area (Å²) in [5.41, 5.74) is 4.26. The van der Waals surface area contributed by atoms with E-state index < -0.39 is 0 Å². The predicted molar refractivity (Wildman–Crippen MR) is 107 cm³/mol. The van der Waals surface area contributed by atoms with Gasteiger partial charge in [0.2, 0.25) is 5.95 Å². The Morgan fingerprint density at radius 2 is 1.92 bits per heavy atom. The van der Waals surface area contributed by atoms with Crippen molar-refractivity contribution in [2.45, 2.75) is 66.5 Å². The molecule has 3 aromatic heterocycles. The summed E-state index contributed by atoms with van der Waals surface area (Å²) in [6, 6.07) is 0. The quantitative estimate of drug-likeness (QED) is 0.755. The molecule has 0 aliphatic heterocycles. The van der Waals surface area contributed by atoms with Crippen LogP contribution < -0.4 is 10.9 Å². The summed E-state index contributed by atoms with van der Waals surface area (Å²) >= 11 is 1.69. The number of nitrogens with zero attached hydrogens (tertiary/aromatic N) is 4. The number of nitrogens with one attached hydrogen (secondary N) is 1. The van der Waals surface area contributed by atoms with Crippen molar-refractivity contribution in [3.8, 4) is 0 Å². The number of aromatic nitrogens is 4. The van der Waals surface area contributed by atoms with Gasteiger partial charge in [0, 0.05) is 18.0 Å². The number of aryl methyl sites for hydroxylation is 4. The van der Waals surface area contributed by atoms with Crippen LogP contribution in [0.2, 0.25) is 0 Å². The maximum Gasteiger partial charge on any atom is 0.263 e. The minimum absolute atomic E-state index is 0.0811. The van der Waals surface area contributed by atoms with E-state index in [9.17, 15) is 4.79 Å². The van der Waals surface area contributed by atoms with Crippen molar-refractivity contribution in [2.24, 2.45) is 0 Å². The fourth-order valence-corrected chi connectivity index (χ4v) is 5.18. The Bertz CT molecular complexity index is 1040. The van der Waals surface area contributed by atoms with Crippen LogP contribution in [0.5, 0.6) is 0 Å². The maximum atomic E-state index is 13.2. The van der Waals surface area contributed by atoms with Crippen LogP contribution in [0.4, 0.5) is 11.6 Å². The second-order valence-corrected chi connectivity index (χ2v) is 7.95. The molecule has 0 unspecified atom stereocenters. The average molecular weight is 372 g/mol. The topological polar surface area (TPSA) is 64.7 Å². The molecule has 3 aromatic rings. The molecule has 0 fully saturated rings. The number of anilines is 2. The first-order valence-corrected chi connectivity index (χ1v) is 10.2. The van der Waals surface area contributed by atoms with Crippen molar-refractivity contribution in [3.63, 3.8) is 0 Å². The zero-order valence-electron chi connectivity index (χ0n) is 15.8. The predicted octanol–water partition coefficient (Wildman–Crippen LogP) is 3.93. The molecule has 0 atom stereocenters. The molecule has 0 aromatic carbocycles. The summed E-state index contributed by atoms with van der Waals surface area (Å²) in [6.45, 7) is 9.51. The highest BCUT2D eigenvalue weighted by Crippen LogP contribution is 2.34. The minimum Gasteiger partial charge on any atom is -0.322 e. The Morgan fingerprint density at radius 3 is 2.62 bits per heavy atom. The highest BCUT2D eigenvalue weighted by molar-refractivity contribution is 7.18. The third kappa shape index (κ3) is 2.57. The zero-order chi connectivity index (χ0) is 18.4. The van der Waals surface area contributed by atoms with E-state index in [2.05, 4.69) is 17.3 Å². The molecule has 3 heterocycles. The Morgan fingerprint density at radius 1 is 1.15 bits per heavy atom. The van der Waals surface area contributed by atoms with Gasteiger partial charge in [-0.1, -0.05) is 0 Å². The lowest BCUT2D eigenvalue weighted by Gasteiger charge is -2.14. The van der Waals surface area contributed by atoms with E-state index >= 15 is 0 Å². The lowest BCUT2D eigenvalue weighted by Crippen LogP contribution is -2.24. The summed E-state index contributed by atoms with van der Waals surface area (Å²) in [5.74, 6) is 0.616. The molecular weight excluding hydrogens is 346 g/mol. The fraction of sp³-hybridized carbons (Fsp3) is 0.526. The third-order valence-electron chi connectivity index (χ3n) is 5.31. The van der Waals surface area contributed by atoms with Gasteiger partial charge in [-0.25, -0.2) is 4.98 Å². The number of hydrogen-bond donors (Lipinski definition) is 1. The number of rotatable bonds is 4. The molecule has 1 aliphatic rings. The summed E-state index contributed by atoms with van der Waals surface area (Å²) in [6.07, 6.45) is 4.46. The van der Waals surface area contributed by atoms with Gasteiger partial charge < -0.3 is 5.32 Å². The van der Waals surface area contributed by atoms with Gasteiger partial charge in [0.1, 0.15) is 4.83 Å². The van der Waals surface area contributed by atoms with Crippen molar-refractivity contribution >= 4 is 33.2 Å². The van der Waals surface area contributed by atoms with E-state index in [0.717, 1.165) is 46.7 Å². The van der Waals surface area contributed by atoms with E-state index in [1.54, 1.807) is 15.9 Å². The molecule has 0 saturated heterocycles. The summed E-state index contributed by atoms with van der Waals surface area (Å²) in [5, 5.41) is 8.81. The van der Waals surface area contributed by atoms with E-state index in [0.29, 0.717) is 12.5 Å². The summed E-state index contributed by atoms with van der Waals surface area (Å²) in [4.78, 5) is 20.3. The molecule has 0 bridgehead atoms. The Kier molecular flexibility index (Phi) is 4.34. The fourth-order valence-electron chi connectivity index (χ4n) is 3.92. The summed E-state index contributed by atoms with van der Waals surface area (Å²) in [7, 11) is 0. The van der Waals surface area contributed by atoms with Gasteiger partial charge in [-0.05, 0) is 58.9 Å². The first-order chi connectivity index (χ1) is 12.5. The van der Waals surface area contributed by atoms with Crippen LogP contribution in [0.3, 0.4) is 0 Å². The van der Waals surface area contributed by atoms with Gasteiger partial charge in [0.15, 0.2) is 0 Å². The Hall–Kier alpha value is -2.15. The van der Waals surface area contributed by atoms with Crippen LogP contribution in [0, 0.1) is 13.8 Å². The lowest BCUT2D eigenvalue weighted by molar-refractivity contribution is 0.634. The normalized spacial score (nSPS) is 14.0. The van der Waals surface area contributed by atoms with Gasteiger partial charge in [-0.3, -0.25) is 14.0 Å². The minimum atomic E-state index is 0.0811. The second-order valence-electron chi connectivity index (χ2n) is 6.86. The third-order valence-corrected chi connectivity index (χ3v) is 6.49. The SMILES string of the molecule is CCn1nc(C)c(Nc2nc3sc4c(c3c(=O)n2CC)CCCC4)c1C. The standard InChI is InChI=1S/C19H25N5OS/c1-5-23-18(25)15-13-9-7-8-10-14(13)26-17(15)21-19(23)20-16-11(3)22-24(6-2)12(16)4/h5-10H2,1-4H3,(H,20,21). The summed E-state index contributed by atoms with van der Waals surface area (Å²) < 4.78 is 3.72. The lowest BCUT2D eigenvalue weighted by atomic mass is 9.97. The first kappa shape index (κ1) is 17.3. The van der Waals surface area contributed by atoms with Crippen LogP contribution in [0.1, 0.15) is 48.5 Å². The van der Waals surface area contributed by atoms with E-state index in [4.69, 9.17) is 4.98 Å². The van der Waals surface area contributed by atoms with Gasteiger partial charge in [-0.15, -0.1) is 11.3 Å². The molecular formula is C19H25N5OS. The average Bonchev–Trinajstić information content (AvgIpc) is 3.13. The highest BCUT2D eigenvalue weighted by Gasteiger charge is 2.22. The van der Waals surface area contributed by atoms with Crippen LogP contribution in [0.15, 0.2) is 4.79 Å². The number of hydrogen-bond acceptors (Lipinski definition) is 5. The maximum absolute atomic E-state index is 13.2. The molecule has 1 aliphatic carbocycles. The van der Waals surface area contributed by atoms with Crippen molar-refractivity contribution < 1.29 is 0 Å². The zero-order valence-corrected chi connectivity index (χ0v) is 16.7. The van der Waals surface area contributed by atoms with Crippen LogP contribution >= 0.6 is 11.3 Å². The van der Waals surface area contributed by atoms with Crippen molar-refractivity contribution in [1.29, 1.82) is 0 Å². The number of thiophene rings is 1. The molecule has 4 rings (SSSR count). The van der Waals surface area contributed by atoms with Gasteiger partial charge in [0.05, 0.1) is 22.5 Å². The van der Waals surface area contributed by atoms with Gasteiger partial charge in [0.25, 0.3) is 5.56 Å². The molecule has 26 heavy (non-hydrogen) atoms. The van der Waals surface area contributed by atoms with Gasteiger partial charge in [-0.2, -0.15) is 5.10 Å². The number of fused-ring (bicyclic) bond motifs is 3. The second kappa shape index (κ2) is 6.54. The van der Waals surface area contributed by atoms with Crippen molar-refractivity contribution in [1.82, 2.24) is 19.3 Å². The molecule has 0 radical (unpaired) electrons. The molecule has 0 spiro atoms. The van der Waals surface area contributed by atoms with Crippen LogP contribution in [-0.2, 0) is 25.9 Å². The van der Waals surface area contributed by atoms with Gasteiger partial charge >= 0.3 is 0 Å². The van der Waals surface area contributed by atoms with Crippen LogP contribution in [0.25, 0.3) is 10.2 Å². The first-order valence-electron chi connectivity index (χ1n) is 9.41. The molecule has 7 heteroatoms. The van der Waals surface area contributed by atoms with E-state index in [-0.39, 0.29) is 5.56 Å². The molecule has 0 saturated carbocycles. The van der Waals surface area contributed by atoms with Crippen molar-refractivity contribution in [3.05, 3.63) is 32.2 Å². The molecule has 1 N–H and O–H groups in total. The van der Waals surface area contributed by atoms with E-state index in [1.165, 1.54) is 23.3 Å². The monoisotopic (exact) mass is 371 g/mol. The smallest absolute Gasteiger partial charge is 0.263 e. The molecule has 138 valence electrons. The van der Waals surface area contributed by atoms with E-state index in [1.807, 2.05) is 25.5 Å².